The van der Waals surface area contributed by atoms with Crippen LogP contribution >= 0.6 is 11.8 Å². The first-order valence-corrected chi connectivity index (χ1v) is 9.92. The van der Waals surface area contributed by atoms with E-state index in [1.807, 2.05) is 6.92 Å². The Morgan fingerprint density at radius 1 is 1.18 bits per heavy atom. The van der Waals surface area contributed by atoms with Crippen LogP contribution in [-0.2, 0) is 14.8 Å². The summed E-state index contributed by atoms with van der Waals surface area (Å²) in [5.74, 6) is -0.0411. The van der Waals surface area contributed by atoms with E-state index in [-0.39, 0.29) is 11.2 Å². The molecule has 1 N–H and O–H groups in total. The van der Waals surface area contributed by atoms with Gasteiger partial charge in [0, 0.05) is 18.0 Å². The van der Waals surface area contributed by atoms with Crippen molar-refractivity contribution in [3.8, 4) is 0 Å². The number of sulfonamides is 1. The van der Waals surface area contributed by atoms with Crippen LogP contribution in [0.3, 0.4) is 0 Å². The number of carbonyl (C=O) groups excluding carboxylic acids is 1. The third kappa shape index (κ3) is 3.02. The van der Waals surface area contributed by atoms with E-state index in [9.17, 15) is 13.2 Å². The molecule has 1 aromatic carbocycles. The zero-order valence-electron chi connectivity index (χ0n) is 12.5. The average molecular weight is 340 g/mol. The third-order valence-electron chi connectivity index (χ3n) is 4.09. The van der Waals surface area contributed by atoms with Crippen molar-refractivity contribution in [2.45, 2.75) is 47.6 Å². The summed E-state index contributed by atoms with van der Waals surface area (Å²) >= 11 is 1.41. The van der Waals surface area contributed by atoms with Crippen LogP contribution in [0.15, 0.2) is 28.0 Å². The van der Waals surface area contributed by atoms with Gasteiger partial charge < -0.3 is 5.32 Å². The van der Waals surface area contributed by atoms with E-state index in [4.69, 9.17) is 0 Å². The molecular formula is C15H20N2O3S2. The van der Waals surface area contributed by atoms with Crippen molar-refractivity contribution in [3.63, 3.8) is 0 Å². The molecule has 0 saturated carbocycles. The number of hydrogen-bond donors (Lipinski definition) is 1. The minimum atomic E-state index is -3.44. The molecule has 1 aromatic rings. The summed E-state index contributed by atoms with van der Waals surface area (Å²) in [6.07, 6.45) is 4.03. The molecule has 1 unspecified atom stereocenters. The number of thioether (sulfide) groups is 1. The van der Waals surface area contributed by atoms with Gasteiger partial charge in [-0.05, 0) is 38.0 Å². The first kappa shape index (κ1) is 15.8. The topological polar surface area (TPSA) is 66.5 Å². The van der Waals surface area contributed by atoms with Gasteiger partial charge in [0.15, 0.2) is 0 Å². The van der Waals surface area contributed by atoms with Crippen LogP contribution < -0.4 is 5.32 Å². The summed E-state index contributed by atoms with van der Waals surface area (Å²) in [6.45, 7) is 3.01. The lowest BCUT2D eigenvalue weighted by Gasteiger charge is -2.24. The second kappa shape index (κ2) is 6.22. The van der Waals surface area contributed by atoms with Crippen molar-refractivity contribution in [1.29, 1.82) is 0 Å². The Hall–Kier alpha value is -1.05. The molecule has 0 aliphatic carbocycles. The van der Waals surface area contributed by atoms with Gasteiger partial charge in [0.25, 0.3) is 0 Å². The zero-order chi connectivity index (χ0) is 15.7. The van der Waals surface area contributed by atoms with Crippen LogP contribution in [0, 0.1) is 0 Å². The van der Waals surface area contributed by atoms with E-state index in [2.05, 4.69) is 5.32 Å². The Balaban J connectivity index is 1.91. The molecule has 0 bridgehead atoms. The highest BCUT2D eigenvalue weighted by molar-refractivity contribution is 8.01. The van der Waals surface area contributed by atoms with Gasteiger partial charge in [-0.15, -0.1) is 11.8 Å². The molecule has 2 aliphatic rings. The van der Waals surface area contributed by atoms with Crippen molar-refractivity contribution in [1.82, 2.24) is 4.31 Å². The molecule has 0 spiro atoms. The summed E-state index contributed by atoms with van der Waals surface area (Å²) in [7, 11) is -3.44. The average Bonchev–Trinajstić information content (AvgIpc) is 2.77. The fourth-order valence-electron chi connectivity index (χ4n) is 2.77. The number of carbonyl (C=O) groups is 1. The molecule has 7 heteroatoms. The second-order valence-corrected chi connectivity index (χ2v) is 9.05. The fourth-order valence-corrected chi connectivity index (χ4v) is 5.38. The Morgan fingerprint density at radius 2 is 1.86 bits per heavy atom. The standard InChI is InChI=1S/C15H20N2O3S2/c1-11-15(18)16-13-7-6-12(10-14(13)21-11)22(19,20)17-8-4-2-3-5-9-17/h6-7,10-11H,2-5,8-9H2,1H3,(H,16,18). The normalized spacial score (nSPS) is 23.5. The Kier molecular flexibility index (Phi) is 4.47. The molecule has 2 aliphatic heterocycles. The molecule has 5 nitrogen and oxygen atoms in total. The number of rotatable bonds is 2. The number of amides is 1. The van der Waals surface area contributed by atoms with E-state index < -0.39 is 10.0 Å². The molecule has 120 valence electrons. The number of benzene rings is 1. The molecule has 1 amide bonds. The first-order valence-electron chi connectivity index (χ1n) is 7.60. The molecule has 0 aromatic heterocycles. The molecule has 1 atom stereocenters. The van der Waals surface area contributed by atoms with Crippen LogP contribution in [0.5, 0.6) is 0 Å². The summed E-state index contributed by atoms with van der Waals surface area (Å²) in [5.41, 5.74) is 0.697. The van der Waals surface area contributed by atoms with E-state index in [1.54, 1.807) is 22.5 Å². The maximum atomic E-state index is 12.8. The number of anilines is 1. The highest BCUT2D eigenvalue weighted by Gasteiger charge is 2.28. The molecule has 2 heterocycles. The van der Waals surface area contributed by atoms with Crippen molar-refractivity contribution >= 4 is 33.4 Å². The highest BCUT2D eigenvalue weighted by Crippen LogP contribution is 2.37. The predicted octanol–water partition coefficient (Wildman–Crippen LogP) is 2.68. The highest BCUT2D eigenvalue weighted by atomic mass is 32.2. The fraction of sp³-hybridized carbons (Fsp3) is 0.533. The summed E-state index contributed by atoms with van der Waals surface area (Å²) in [6, 6.07) is 4.98. The van der Waals surface area contributed by atoms with Gasteiger partial charge in [-0.3, -0.25) is 4.79 Å². The smallest absolute Gasteiger partial charge is 0.243 e. The molecule has 0 radical (unpaired) electrons. The molecule has 22 heavy (non-hydrogen) atoms. The Labute approximate surface area is 135 Å². The van der Waals surface area contributed by atoms with Crippen LogP contribution in [0.1, 0.15) is 32.6 Å². The lowest BCUT2D eigenvalue weighted by molar-refractivity contribution is -0.115. The monoisotopic (exact) mass is 340 g/mol. The van der Waals surface area contributed by atoms with Gasteiger partial charge in [0.2, 0.25) is 15.9 Å². The number of nitrogens with one attached hydrogen (secondary N) is 1. The van der Waals surface area contributed by atoms with E-state index in [0.717, 1.165) is 30.6 Å². The zero-order valence-corrected chi connectivity index (χ0v) is 14.2. The number of hydrogen-bond acceptors (Lipinski definition) is 4. The van der Waals surface area contributed by atoms with Gasteiger partial charge >= 0.3 is 0 Å². The summed E-state index contributed by atoms with van der Waals surface area (Å²) in [5, 5.41) is 2.60. The van der Waals surface area contributed by atoms with Crippen molar-refractivity contribution < 1.29 is 13.2 Å². The van der Waals surface area contributed by atoms with Crippen molar-refractivity contribution in [3.05, 3.63) is 18.2 Å². The minimum Gasteiger partial charge on any atom is -0.324 e. The molecule has 1 saturated heterocycles. The number of fused-ring (bicyclic) bond motifs is 1. The van der Waals surface area contributed by atoms with Crippen LogP contribution in [0.25, 0.3) is 0 Å². The van der Waals surface area contributed by atoms with Crippen LogP contribution in [0.4, 0.5) is 5.69 Å². The van der Waals surface area contributed by atoms with Crippen LogP contribution in [-0.4, -0.2) is 37.0 Å². The maximum Gasteiger partial charge on any atom is 0.243 e. The lowest BCUT2D eigenvalue weighted by Crippen LogP contribution is -2.32. The van der Waals surface area contributed by atoms with Gasteiger partial charge in [-0.25, -0.2) is 8.42 Å². The first-order chi connectivity index (χ1) is 10.5. The van der Waals surface area contributed by atoms with E-state index in [1.165, 1.54) is 11.8 Å². The lowest BCUT2D eigenvalue weighted by atomic mass is 10.2. The van der Waals surface area contributed by atoms with E-state index >= 15 is 0 Å². The van der Waals surface area contributed by atoms with Gasteiger partial charge in [0.1, 0.15) is 0 Å². The maximum absolute atomic E-state index is 12.8. The van der Waals surface area contributed by atoms with Gasteiger partial charge in [-0.2, -0.15) is 4.31 Å². The summed E-state index contributed by atoms with van der Waals surface area (Å²) in [4.78, 5) is 12.8. The van der Waals surface area contributed by atoms with Gasteiger partial charge in [-0.1, -0.05) is 12.8 Å². The number of nitrogens with zero attached hydrogens (tertiary/aromatic N) is 1. The molecule has 1 fully saturated rings. The molecular weight excluding hydrogens is 320 g/mol. The largest absolute Gasteiger partial charge is 0.324 e. The predicted molar refractivity (Wildman–Crippen MR) is 87.6 cm³/mol. The van der Waals surface area contributed by atoms with Crippen LogP contribution in [0.2, 0.25) is 0 Å². The summed E-state index contributed by atoms with van der Waals surface area (Å²) < 4.78 is 27.2. The Bertz CT molecular complexity index is 680. The van der Waals surface area contributed by atoms with Crippen molar-refractivity contribution in [2.75, 3.05) is 18.4 Å². The Morgan fingerprint density at radius 3 is 2.55 bits per heavy atom. The quantitative estimate of drug-likeness (QED) is 0.899. The minimum absolute atomic E-state index is 0.0411. The van der Waals surface area contributed by atoms with Crippen molar-refractivity contribution in [2.24, 2.45) is 0 Å². The van der Waals surface area contributed by atoms with Gasteiger partial charge in [0.05, 0.1) is 15.8 Å². The SMILES string of the molecule is CC1Sc2cc(S(=O)(=O)N3CCCCCC3)ccc2NC1=O. The third-order valence-corrected chi connectivity index (χ3v) is 7.14. The second-order valence-electron chi connectivity index (χ2n) is 5.73. The molecule has 3 rings (SSSR count). The van der Waals surface area contributed by atoms with E-state index in [0.29, 0.717) is 23.7 Å².